The molecule has 1 aromatic heterocycles. The Bertz CT molecular complexity index is 1230. The van der Waals surface area contributed by atoms with Crippen molar-refractivity contribution in [2.75, 3.05) is 38.2 Å². The molecule has 1 heterocycles. The van der Waals surface area contributed by atoms with E-state index in [0.29, 0.717) is 17.1 Å². The van der Waals surface area contributed by atoms with Gasteiger partial charge in [-0.05, 0) is 48.1 Å². The Labute approximate surface area is 198 Å². The van der Waals surface area contributed by atoms with E-state index in [4.69, 9.17) is 9.26 Å². The number of rotatable bonds is 8. The molecule has 0 aliphatic carbocycles. The number of halogens is 1. The van der Waals surface area contributed by atoms with Crippen LogP contribution in [0.15, 0.2) is 62.7 Å². The summed E-state index contributed by atoms with van der Waals surface area (Å²) in [5.41, 5.74) is 1.10. The van der Waals surface area contributed by atoms with Gasteiger partial charge in [0.05, 0.1) is 12.7 Å². The molecule has 2 amide bonds. The highest BCUT2D eigenvalue weighted by molar-refractivity contribution is 8.32. The van der Waals surface area contributed by atoms with Gasteiger partial charge in [-0.1, -0.05) is 24.3 Å². The molecular weight excluding hydrogens is 461 g/mol. The molecule has 0 saturated heterocycles. The molecule has 0 aliphatic heterocycles. The summed E-state index contributed by atoms with van der Waals surface area (Å²) in [4.78, 5) is 39.5. The molecule has 1 unspecified atom stereocenters. The van der Waals surface area contributed by atoms with Gasteiger partial charge >= 0.3 is 0 Å². The average Bonchev–Trinajstić information content (AvgIpc) is 3.20. The van der Waals surface area contributed by atoms with Crippen LogP contribution in [-0.4, -0.2) is 54.8 Å². The third kappa shape index (κ3) is 5.75. The number of hydrogen-bond acceptors (Lipinski definition) is 5. The molecule has 182 valence electrons. The predicted octanol–water partition coefficient (Wildman–Crippen LogP) is 3.76. The van der Waals surface area contributed by atoms with Gasteiger partial charge in [0.15, 0.2) is 0 Å². The van der Waals surface area contributed by atoms with Crippen molar-refractivity contribution in [3.05, 3.63) is 81.6 Å². The lowest BCUT2D eigenvalue weighted by Gasteiger charge is -2.28. The molecule has 0 saturated carbocycles. The van der Waals surface area contributed by atoms with Crippen LogP contribution in [-0.2, 0) is 16.1 Å². The van der Waals surface area contributed by atoms with Crippen LogP contribution < -0.4 is 10.9 Å². The summed E-state index contributed by atoms with van der Waals surface area (Å²) >= 11 is 0. The van der Waals surface area contributed by atoms with Crippen LogP contribution in [0.3, 0.4) is 0 Å². The number of anilines is 1. The molecule has 0 radical (unpaired) electrons. The number of nitrogens with zero attached hydrogens (tertiary/aromatic N) is 1. The van der Waals surface area contributed by atoms with Crippen LogP contribution in [0.4, 0.5) is 10.1 Å². The van der Waals surface area contributed by atoms with Crippen molar-refractivity contribution in [3.8, 4) is 0 Å². The smallest absolute Gasteiger partial charge is 0.293 e. The first kappa shape index (κ1) is 25.3. The summed E-state index contributed by atoms with van der Waals surface area (Å²) in [5.74, 6) is -1.86. The first-order valence-corrected chi connectivity index (χ1v) is 13.2. The molecule has 0 fully saturated rings. The van der Waals surface area contributed by atoms with E-state index >= 15 is 0 Å². The second-order valence-electron chi connectivity index (χ2n) is 8.54. The fraction of sp³-hybridized carbons (Fsp3) is 0.292. The Hall–Kier alpha value is -3.37. The van der Waals surface area contributed by atoms with E-state index in [1.54, 1.807) is 43.5 Å². The molecule has 0 spiro atoms. The number of amides is 2. The van der Waals surface area contributed by atoms with Crippen LogP contribution in [0.2, 0.25) is 0 Å². The minimum Gasteiger partial charge on any atom is -0.380 e. The van der Waals surface area contributed by atoms with E-state index < -0.39 is 39.3 Å². The summed E-state index contributed by atoms with van der Waals surface area (Å²) in [6.45, 7) is 0.391. The first-order chi connectivity index (χ1) is 16.0. The Morgan fingerprint density at radius 2 is 1.82 bits per heavy atom. The Morgan fingerprint density at radius 1 is 1.15 bits per heavy atom. The minimum atomic E-state index is -1.29. The van der Waals surface area contributed by atoms with E-state index in [2.05, 4.69) is 10.5 Å². The number of carbonyl (C=O) groups is 2. The van der Waals surface area contributed by atoms with Gasteiger partial charge < -0.3 is 19.5 Å². The standard InChI is InChI=1S/C24H28FN3O5S/c1-28(24(31)19-13-21(29)27-33-19)22(16-8-6-15(7-9-16)14-32-2)23(30)26-17-10-11-20(18(25)12-17)34(3,4)5/h6-13,22H,14H2,1-5H3,(H,26,30)(H,27,29). The summed E-state index contributed by atoms with van der Waals surface area (Å²) in [5, 5.41) is 4.77. The molecule has 3 aromatic rings. The molecule has 10 heteroatoms. The van der Waals surface area contributed by atoms with Crippen molar-refractivity contribution >= 4 is 27.5 Å². The normalized spacial score (nSPS) is 12.8. The molecule has 34 heavy (non-hydrogen) atoms. The van der Waals surface area contributed by atoms with Crippen LogP contribution >= 0.6 is 10.0 Å². The van der Waals surface area contributed by atoms with Crippen molar-refractivity contribution in [3.63, 3.8) is 0 Å². The molecule has 8 nitrogen and oxygen atoms in total. The highest BCUT2D eigenvalue weighted by atomic mass is 32.3. The van der Waals surface area contributed by atoms with Crippen molar-refractivity contribution < 1.29 is 23.2 Å². The SMILES string of the molecule is COCc1ccc(C(C(=O)Nc2ccc(S(C)(C)C)c(F)c2)N(C)C(=O)c2cc(=O)[nH]o2)cc1. The zero-order valence-electron chi connectivity index (χ0n) is 19.7. The summed E-state index contributed by atoms with van der Waals surface area (Å²) in [6, 6.07) is 11.5. The third-order valence-electron chi connectivity index (χ3n) is 5.16. The van der Waals surface area contributed by atoms with Crippen LogP contribution in [0.25, 0.3) is 0 Å². The van der Waals surface area contributed by atoms with E-state index in [9.17, 15) is 18.8 Å². The second kappa shape index (κ2) is 10.3. The third-order valence-corrected chi connectivity index (χ3v) is 6.81. The quantitative estimate of drug-likeness (QED) is 0.501. The van der Waals surface area contributed by atoms with Crippen molar-refractivity contribution in [1.82, 2.24) is 10.1 Å². The molecule has 2 N–H and O–H groups in total. The number of ether oxygens (including phenoxy) is 1. The summed E-state index contributed by atoms with van der Waals surface area (Å²) in [6.07, 6.45) is 5.94. The largest absolute Gasteiger partial charge is 0.380 e. The van der Waals surface area contributed by atoms with Crippen molar-refractivity contribution in [2.45, 2.75) is 17.5 Å². The molecule has 1 atom stereocenters. The maximum absolute atomic E-state index is 14.7. The van der Waals surface area contributed by atoms with E-state index in [1.807, 2.05) is 18.8 Å². The lowest BCUT2D eigenvalue weighted by Crippen LogP contribution is -2.38. The zero-order valence-corrected chi connectivity index (χ0v) is 20.5. The number of carbonyl (C=O) groups excluding carboxylic acids is 2. The fourth-order valence-electron chi connectivity index (χ4n) is 3.48. The van der Waals surface area contributed by atoms with E-state index in [0.717, 1.165) is 16.5 Å². The summed E-state index contributed by atoms with van der Waals surface area (Å²) < 4.78 is 24.7. The average molecular weight is 490 g/mol. The van der Waals surface area contributed by atoms with Crippen molar-refractivity contribution in [2.24, 2.45) is 0 Å². The van der Waals surface area contributed by atoms with Gasteiger partial charge in [0, 0.05) is 24.7 Å². The van der Waals surface area contributed by atoms with E-state index in [-0.39, 0.29) is 11.4 Å². The Balaban J connectivity index is 1.94. The number of aromatic amines is 1. The maximum atomic E-state index is 14.7. The van der Waals surface area contributed by atoms with Gasteiger partial charge in [-0.3, -0.25) is 14.4 Å². The maximum Gasteiger partial charge on any atom is 0.293 e. The second-order valence-corrected chi connectivity index (χ2v) is 12.7. The number of H-pyrrole nitrogens is 1. The number of benzene rings is 2. The predicted molar refractivity (Wildman–Crippen MR) is 130 cm³/mol. The molecule has 0 bridgehead atoms. The topological polar surface area (TPSA) is 105 Å². The van der Waals surface area contributed by atoms with Gasteiger partial charge in [-0.2, -0.15) is 5.16 Å². The van der Waals surface area contributed by atoms with Gasteiger partial charge in [-0.25, -0.2) is 14.4 Å². The first-order valence-electron chi connectivity index (χ1n) is 10.3. The lowest BCUT2D eigenvalue weighted by molar-refractivity contribution is -0.120. The van der Waals surface area contributed by atoms with Crippen LogP contribution in [0.1, 0.15) is 27.7 Å². The van der Waals surface area contributed by atoms with Crippen molar-refractivity contribution in [1.29, 1.82) is 0 Å². The number of aromatic nitrogens is 1. The van der Waals surface area contributed by atoms with Gasteiger partial charge in [0.2, 0.25) is 5.76 Å². The summed E-state index contributed by atoms with van der Waals surface area (Å²) in [7, 11) is 1.71. The monoisotopic (exact) mass is 489 g/mol. The van der Waals surface area contributed by atoms with Gasteiger partial charge in [0.25, 0.3) is 17.4 Å². The Morgan fingerprint density at radius 3 is 2.35 bits per heavy atom. The molecular formula is C24H28FN3O5S. The minimum absolute atomic E-state index is 0.232. The number of methoxy groups -OCH3 is 1. The zero-order chi connectivity index (χ0) is 25.0. The Kier molecular flexibility index (Phi) is 7.63. The number of likely N-dealkylation sites (N-methyl/N-ethyl adjacent to an activating group) is 1. The molecule has 0 aliphatic rings. The van der Waals surface area contributed by atoms with Crippen LogP contribution in [0, 0.1) is 5.82 Å². The van der Waals surface area contributed by atoms with Crippen LogP contribution in [0.5, 0.6) is 0 Å². The van der Waals surface area contributed by atoms with Gasteiger partial charge in [0.1, 0.15) is 11.9 Å². The molecule has 2 aromatic carbocycles. The highest BCUT2D eigenvalue weighted by Gasteiger charge is 2.31. The fourth-order valence-corrected chi connectivity index (χ4v) is 4.60. The van der Waals surface area contributed by atoms with Gasteiger partial charge in [-0.15, -0.1) is 0 Å². The number of hydrogen-bond donors (Lipinski definition) is 2. The highest BCUT2D eigenvalue weighted by Crippen LogP contribution is 2.46. The van der Waals surface area contributed by atoms with E-state index in [1.165, 1.54) is 13.1 Å². The molecule has 3 rings (SSSR count). The lowest BCUT2D eigenvalue weighted by atomic mass is 10.0. The number of nitrogens with one attached hydrogen (secondary N) is 2.